The number of carbonyl (C=O) groups is 1. The van der Waals surface area contributed by atoms with Gasteiger partial charge in [-0.05, 0) is 50.6 Å². The number of benzene rings is 2. The number of carbonyl (C=O) groups excluding carboxylic acids is 1. The minimum Gasteiger partial charge on any atom is -0.462 e. The number of anilines is 2. The van der Waals surface area contributed by atoms with Gasteiger partial charge in [0.05, 0.1) is 27.4 Å². The van der Waals surface area contributed by atoms with Gasteiger partial charge in [0.25, 0.3) is 0 Å². The van der Waals surface area contributed by atoms with Gasteiger partial charge in [-0.25, -0.2) is 8.78 Å². The Labute approximate surface area is 279 Å². The van der Waals surface area contributed by atoms with E-state index in [0.29, 0.717) is 24.2 Å². The van der Waals surface area contributed by atoms with Gasteiger partial charge < -0.3 is 25.0 Å². The number of aromatic nitrogens is 2. The molecule has 0 spiro atoms. The van der Waals surface area contributed by atoms with Crippen LogP contribution in [-0.2, 0) is 9.53 Å². The minimum absolute atomic E-state index is 0.0182. The van der Waals surface area contributed by atoms with Crippen molar-refractivity contribution in [1.29, 1.82) is 5.26 Å². The molecule has 4 atom stereocenters. The maximum Gasteiger partial charge on any atom is 0.319 e. The number of nitriles is 1. The normalized spacial score (nSPS) is 21.4. The maximum atomic E-state index is 16.9. The lowest BCUT2D eigenvalue weighted by molar-refractivity contribution is -0.126. The van der Waals surface area contributed by atoms with Crippen LogP contribution in [0, 0.1) is 23.0 Å². The van der Waals surface area contributed by atoms with E-state index in [2.05, 4.69) is 16.5 Å². The van der Waals surface area contributed by atoms with Crippen molar-refractivity contribution in [2.24, 2.45) is 0 Å². The highest BCUT2D eigenvalue weighted by Gasteiger charge is 2.37. The Balaban J connectivity index is 1.50. The van der Waals surface area contributed by atoms with Gasteiger partial charge in [-0.3, -0.25) is 9.69 Å². The summed E-state index contributed by atoms with van der Waals surface area (Å²) in [6.07, 6.45) is 2.75. The van der Waals surface area contributed by atoms with Crippen LogP contribution in [0.5, 0.6) is 6.01 Å². The van der Waals surface area contributed by atoms with Crippen LogP contribution < -0.4 is 15.4 Å². The summed E-state index contributed by atoms with van der Waals surface area (Å²) in [5.41, 5.74) is 6.21. The Kier molecular flexibility index (Phi) is 8.97. The summed E-state index contributed by atoms with van der Waals surface area (Å²) < 4.78 is 43.6. The third-order valence-corrected chi connectivity index (χ3v) is 10.8. The summed E-state index contributed by atoms with van der Waals surface area (Å²) in [4.78, 5) is 27.6. The van der Waals surface area contributed by atoms with E-state index in [-0.39, 0.29) is 85.1 Å². The topological polar surface area (TPSA) is 121 Å². The molecule has 14 heteroatoms. The molecule has 2 saturated heterocycles. The zero-order chi connectivity index (χ0) is 33.7. The summed E-state index contributed by atoms with van der Waals surface area (Å²) in [5.74, 6) is -1.16. The molecule has 6 rings (SSSR count). The van der Waals surface area contributed by atoms with Crippen LogP contribution >= 0.6 is 22.9 Å². The van der Waals surface area contributed by atoms with Gasteiger partial charge in [0, 0.05) is 55.7 Å². The highest BCUT2D eigenvalue weighted by molar-refractivity contribution is 7.23. The second kappa shape index (κ2) is 12.8. The molecule has 2 N–H and O–H groups in total. The summed E-state index contributed by atoms with van der Waals surface area (Å²) in [6, 6.07) is 5.81. The molecular weight excluding hydrogens is 648 g/mol. The fourth-order valence-corrected chi connectivity index (χ4v) is 8.08. The standard InChI is InChI=1S/C33H34ClF2N7O3S/c1-6-25(44)43-10-9-24(16(43)2)42(4)32-20-12-22(34)27(19-7-8-23(35)30-26(19)21(13-37)31(38)47-30)28(36)29(20)39-33(40-32)46-15-17-11-18(45-5)14-41(17)3/h6-8,12,16-18,24H,1,9-11,14-15,38H2,2-5H3/t16?,17-,18+,24?/m0/s1. The zero-order valence-electron chi connectivity index (χ0n) is 26.4. The number of amides is 1. The molecule has 4 heterocycles. The van der Waals surface area contributed by atoms with Gasteiger partial charge in [-0.15, -0.1) is 11.3 Å². The fourth-order valence-electron chi connectivity index (χ4n) is 6.84. The number of thiophene rings is 1. The number of nitrogens with zero attached hydrogens (tertiary/aromatic N) is 6. The van der Waals surface area contributed by atoms with Gasteiger partial charge in [-0.2, -0.15) is 15.2 Å². The summed E-state index contributed by atoms with van der Waals surface area (Å²) in [5, 5.41) is 10.5. The molecule has 2 aromatic carbocycles. The highest BCUT2D eigenvalue weighted by Crippen LogP contribution is 2.46. The number of ether oxygens (including phenoxy) is 2. The molecular formula is C33H34ClF2N7O3S. The number of hydrogen-bond donors (Lipinski definition) is 1. The molecule has 2 fully saturated rings. The lowest BCUT2D eigenvalue weighted by Gasteiger charge is -2.32. The third kappa shape index (κ3) is 5.63. The molecule has 2 unspecified atom stereocenters. The predicted molar refractivity (Wildman–Crippen MR) is 180 cm³/mol. The Morgan fingerprint density at radius 1 is 1.36 bits per heavy atom. The van der Waals surface area contributed by atoms with Crippen molar-refractivity contribution in [3.8, 4) is 23.2 Å². The molecule has 2 aliphatic heterocycles. The van der Waals surface area contributed by atoms with Crippen LogP contribution in [0.1, 0.15) is 25.3 Å². The SMILES string of the molecule is C=CC(=O)N1CCC(N(C)c2nc(OC[C@@H]3C[C@@H](OC)CN3C)nc3c(F)c(-c4ccc(F)c5sc(N)c(C#N)c45)c(Cl)cc23)C1C. The quantitative estimate of drug-likeness (QED) is 0.237. The number of rotatable bonds is 8. The number of hydrogen-bond acceptors (Lipinski definition) is 10. The largest absolute Gasteiger partial charge is 0.462 e. The van der Waals surface area contributed by atoms with Gasteiger partial charge in [0.15, 0.2) is 5.82 Å². The van der Waals surface area contributed by atoms with Crippen molar-refractivity contribution >= 4 is 60.7 Å². The van der Waals surface area contributed by atoms with Gasteiger partial charge in [0.2, 0.25) is 5.91 Å². The van der Waals surface area contributed by atoms with Crippen LogP contribution in [0.15, 0.2) is 30.9 Å². The summed E-state index contributed by atoms with van der Waals surface area (Å²) in [6.45, 7) is 7.08. The zero-order valence-corrected chi connectivity index (χ0v) is 28.0. The number of nitrogens with two attached hydrogens (primary N) is 1. The van der Waals surface area contributed by atoms with Crippen molar-refractivity contribution in [1.82, 2.24) is 19.8 Å². The maximum absolute atomic E-state index is 16.9. The lowest BCUT2D eigenvalue weighted by atomic mass is 9.97. The van der Waals surface area contributed by atoms with Crippen molar-refractivity contribution in [3.63, 3.8) is 0 Å². The number of halogens is 3. The molecule has 0 radical (unpaired) electrons. The van der Waals surface area contributed by atoms with E-state index in [9.17, 15) is 14.4 Å². The van der Waals surface area contributed by atoms with Crippen molar-refractivity contribution in [3.05, 3.63) is 53.1 Å². The number of fused-ring (bicyclic) bond motifs is 2. The van der Waals surface area contributed by atoms with Crippen molar-refractivity contribution < 1.29 is 23.0 Å². The molecule has 1 amide bonds. The first-order valence-corrected chi connectivity index (χ1v) is 16.3. The van der Waals surface area contributed by atoms with E-state index in [4.69, 9.17) is 31.8 Å². The first-order valence-electron chi connectivity index (χ1n) is 15.1. The van der Waals surface area contributed by atoms with E-state index < -0.39 is 11.6 Å². The van der Waals surface area contributed by atoms with Gasteiger partial charge in [-0.1, -0.05) is 24.2 Å². The van der Waals surface area contributed by atoms with E-state index in [1.165, 1.54) is 18.2 Å². The lowest BCUT2D eigenvalue weighted by Crippen LogP contribution is -2.43. The fraction of sp³-hybridized carbons (Fsp3) is 0.394. The number of methoxy groups -OCH3 is 1. The van der Waals surface area contributed by atoms with Crippen LogP contribution in [0.3, 0.4) is 0 Å². The molecule has 0 bridgehead atoms. The molecule has 0 aliphatic carbocycles. The third-order valence-electron chi connectivity index (χ3n) is 9.43. The minimum atomic E-state index is -0.781. The average molecular weight is 682 g/mol. The Morgan fingerprint density at radius 2 is 2.13 bits per heavy atom. The summed E-state index contributed by atoms with van der Waals surface area (Å²) in [7, 11) is 5.49. The number of nitrogen functional groups attached to an aromatic ring is 1. The first-order chi connectivity index (χ1) is 22.5. The second-order valence-corrected chi connectivity index (χ2v) is 13.4. The number of likely N-dealkylation sites (tertiary alicyclic amines) is 2. The molecule has 2 aromatic heterocycles. The van der Waals surface area contributed by atoms with E-state index in [0.717, 1.165) is 24.3 Å². The van der Waals surface area contributed by atoms with Crippen molar-refractivity contribution in [2.75, 3.05) is 51.5 Å². The van der Waals surface area contributed by atoms with Crippen LogP contribution in [-0.4, -0.2) is 90.8 Å². The highest BCUT2D eigenvalue weighted by atomic mass is 35.5. The molecule has 10 nitrogen and oxygen atoms in total. The van der Waals surface area contributed by atoms with E-state index in [1.54, 1.807) is 18.1 Å². The van der Waals surface area contributed by atoms with Gasteiger partial charge in [0.1, 0.15) is 34.8 Å². The monoisotopic (exact) mass is 681 g/mol. The van der Waals surface area contributed by atoms with E-state index in [1.807, 2.05) is 32.0 Å². The van der Waals surface area contributed by atoms with Crippen LogP contribution in [0.4, 0.5) is 19.6 Å². The second-order valence-electron chi connectivity index (χ2n) is 12.0. The molecule has 0 saturated carbocycles. The predicted octanol–water partition coefficient (Wildman–Crippen LogP) is 5.61. The van der Waals surface area contributed by atoms with Crippen LogP contribution in [0.2, 0.25) is 5.02 Å². The van der Waals surface area contributed by atoms with E-state index >= 15 is 4.39 Å². The molecule has 2 aliphatic rings. The van der Waals surface area contributed by atoms with Gasteiger partial charge >= 0.3 is 6.01 Å². The Morgan fingerprint density at radius 3 is 2.81 bits per heavy atom. The molecule has 47 heavy (non-hydrogen) atoms. The van der Waals surface area contributed by atoms with Crippen LogP contribution in [0.25, 0.3) is 32.1 Å². The number of likely N-dealkylation sites (N-methyl/N-ethyl adjacent to an activating group) is 2. The molecule has 246 valence electrons. The Bertz CT molecular complexity index is 1950. The average Bonchev–Trinajstić information content (AvgIpc) is 3.73. The summed E-state index contributed by atoms with van der Waals surface area (Å²) >= 11 is 7.75. The first kappa shape index (κ1) is 32.8. The van der Waals surface area contributed by atoms with Crippen molar-refractivity contribution in [2.45, 2.75) is 44.0 Å². The smallest absolute Gasteiger partial charge is 0.319 e. The Hall–Kier alpha value is -4.09. The molecule has 4 aromatic rings.